The third-order valence-corrected chi connectivity index (χ3v) is 5.83. The molecule has 1 aliphatic heterocycles. The summed E-state index contributed by atoms with van der Waals surface area (Å²) in [4.78, 5) is 0. The van der Waals surface area contributed by atoms with Crippen LogP contribution in [0.3, 0.4) is 0 Å². The van der Waals surface area contributed by atoms with E-state index < -0.39 is 15.3 Å². The summed E-state index contributed by atoms with van der Waals surface area (Å²) in [6.07, 6.45) is 2.96. The molecule has 0 bridgehead atoms. The van der Waals surface area contributed by atoms with E-state index in [1.165, 1.54) is 0 Å². The molecule has 0 unspecified atom stereocenters. The highest BCUT2D eigenvalue weighted by Crippen LogP contribution is 2.24. The third kappa shape index (κ3) is 3.80. The number of hydrogen-bond acceptors (Lipinski definition) is 5. The fraction of sp³-hybridized carbons (Fsp3) is 0.412. The Kier molecular flexibility index (Phi) is 4.93. The average Bonchev–Trinajstić information content (AvgIpc) is 3.20. The molecular formula is C17H21NO5S. The lowest BCUT2D eigenvalue weighted by molar-refractivity contribution is 0.140. The molecule has 1 N–H and O–H groups in total. The van der Waals surface area contributed by atoms with Crippen LogP contribution in [0.15, 0.2) is 47.3 Å². The first-order valence-electron chi connectivity index (χ1n) is 7.84. The van der Waals surface area contributed by atoms with Crippen molar-refractivity contribution < 1.29 is 22.3 Å². The predicted octanol–water partition coefficient (Wildman–Crippen LogP) is 2.42. The number of rotatable bonds is 6. The van der Waals surface area contributed by atoms with Crippen LogP contribution < -0.4 is 9.46 Å². The van der Waals surface area contributed by atoms with Crippen molar-refractivity contribution in [2.45, 2.75) is 31.2 Å². The molecule has 1 saturated heterocycles. The molecule has 1 fully saturated rings. The molecular weight excluding hydrogens is 330 g/mol. The van der Waals surface area contributed by atoms with Gasteiger partial charge in [-0.3, -0.25) is 0 Å². The third-order valence-electron chi connectivity index (χ3n) is 3.96. The summed E-state index contributed by atoms with van der Waals surface area (Å²) in [5.74, 6) is 0.673. The van der Waals surface area contributed by atoms with Gasteiger partial charge >= 0.3 is 0 Å². The number of sulfonamides is 1. The molecule has 0 spiro atoms. The van der Waals surface area contributed by atoms with E-state index in [0.29, 0.717) is 19.0 Å². The van der Waals surface area contributed by atoms with Gasteiger partial charge in [0.2, 0.25) is 10.0 Å². The van der Waals surface area contributed by atoms with E-state index in [-0.39, 0.29) is 12.1 Å². The molecule has 24 heavy (non-hydrogen) atoms. The Hall–Kier alpha value is -1.83. The highest BCUT2D eigenvalue weighted by atomic mass is 32.2. The van der Waals surface area contributed by atoms with Gasteiger partial charge in [-0.25, -0.2) is 13.1 Å². The minimum atomic E-state index is -3.36. The molecule has 3 rings (SSSR count). The van der Waals surface area contributed by atoms with Crippen molar-refractivity contribution in [1.29, 1.82) is 0 Å². The smallest absolute Gasteiger partial charge is 0.214 e. The number of ether oxygens (including phenoxy) is 2. The van der Waals surface area contributed by atoms with Crippen LogP contribution in [-0.4, -0.2) is 39.0 Å². The molecule has 0 saturated carbocycles. The summed E-state index contributed by atoms with van der Waals surface area (Å²) in [7, 11) is -3.36. The summed E-state index contributed by atoms with van der Waals surface area (Å²) in [6.45, 7) is 3.95. The Morgan fingerprint density at radius 3 is 2.50 bits per heavy atom. The van der Waals surface area contributed by atoms with Crippen molar-refractivity contribution >= 4 is 10.0 Å². The quantitative estimate of drug-likeness (QED) is 0.865. The summed E-state index contributed by atoms with van der Waals surface area (Å²) < 4.78 is 43.1. The zero-order valence-electron chi connectivity index (χ0n) is 13.6. The molecule has 6 nitrogen and oxygen atoms in total. The van der Waals surface area contributed by atoms with Crippen LogP contribution in [-0.2, 0) is 14.8 Å². The van der Waals surface area contributed by atoms with Gasteiger partial charge in [0.05, 0.1) is 37.0 Å². The number of hydrogen-bond donors (Lipinski definition) is 1. The molecule has 0 aliphatic carbocycles. The second kappa shape index (κ2) is 6.96. The second-order valence-corrected chi connectivity index (χ2v) is 8.32. The van der Waals surface area contributed by atoms with Gasteiger partial charge in [-0.05, 0) is 37.6 Å². The Morgan fingerprint density at radius 1 is 1.12 bits per heavy atom. The van der Waals surface area contributed by atoms with E-state index in [9.17, 15) is 8.42 Å². The molecule has 130 valence electrons. The first-order chi connectivity index (χ1) is 11.5. The maximum atomic E-state index is 12.0. The van der Waals surface area contributed by atoms with Crippen LogP contribution in [0.1, 0.15) is 13.8 Å². The molecule has 2 atom stereocenters. The zero-order chi connectivity index (χ0) is 17.2. The van der Waals surface area contributed by atoms with Gasteiger partial charge in [0.1, 0.15) is 11.9 Å². The van der Waals surface area contributed by atoms with Crippen LogP contribution in [0.4, 0.5) is 0 Å². The van der Waals surface area contributed by atoms with Gasteiger partial charge in [0.15, 0.2) is 0 Å². The van der Waals surface area contributed by atoms with Crippen molar-refractivity contribution in [3.05, 3.63) is 42.9 Å². The van der Waals surface area contributed by atoms with Crippen LogP contribution in [0, 0.1) is 0 Å². The summed E-state index contributed by atoms with van der Waals surface area (Å²) in [5, 5.41) is -0.493. The lowest BCUT2D eigenvalue weighted by atomic mass is 10.1. The largest absolute Gasteiger partial charge is 0.486 e. The molecule has 1 aliphatic rings. The lowest BCUT2D eigenvalue weighted by Gasteiger charge is -2.21. The van der Waals surface area contributed by atoms with E-state index in [1.807, 2.05) is 30.3 Å². The summed E-state index contributed by atoms with van der Waals surface area (Å²) in [6, 6.07) is 9.08. The summed E-state index contributed by atoms with van der Waals surface area (Å²) in [5.41, 5.74) is 2.02. The van der Waals surface area contributed by atoms with Crippen molar-refractivity contribution in [3.63, 3.8) is 0 Å². The minimum absolute atomic E-state index is 0.309. The highest BCUT2D eigenvalue weighted by molar-refractivity contribution is 7.90. The Labute approximate surface area is 141 Å². The standard InChI is InChI=1S/C17H21NO5S/c1-12(2)24(19,20)18-16-10-22-11-17(16)23-15-5-3-13(4-6-15)14-7-8-21-9-14/h3-9,12,16-18H,10-11H2,1-2H3/t16-,17+/m1/s1. The SMILES string of the molecule is CC(C)S(=O)(=O)N[C@@H]1COC[C@@H]1Oc1ccc(-c2ccoc2)cc1. The monoisotopic (exact) mass is 351 g/mol. The Bertz CT molecular complexity index is 753. The first kappa shape index (κ1) is 17.0. The van der Waals surface area contributed by atoms with Crippen molar-refractivity contribution in [2.24, 2.45) is 0 Å². The Balaban J connectivity index is 1.66. The van der Waals surface area contributed by atoms with Gasteiger partial charge in [0.25, 0.3) is 0 Å². The highest BCUT2D eigenvalue weighted by Gasteiger charge is 2.34. The van der Waals surface area contributed by atoms with E-state index in [2.05, 4.69) is 4.72 Å². The lowest BCUT2D eigenvalue weighted by Crippen LogP contribution is -2.47. The van der Waals surface area contributed by atoms with Gasteiger partial charge in [-0.15, -0.1) is 0 Å². The number of furan rings is 1. The zero-order valence-corrected chi connectivity index (χ0v) is 14.5. The predicted molar refractivity (Wildman–Crippen MR) is 90.4 cm³/mol. The van der Waals surface area contributed by atoms with Crippen LogP contribution >= 0.6 is 0 Å². The van der Waals surface area contributed by atoms with Crippen LogP contribution in [0.5, 0.6) is 5.75 Å². The molecule has 1 aromatic heterocycles. The fourth-order valence-electron chi connectivity index (χ4n) is 2.44. The van der Waals surface area contributed by atoms with Crippen molar-refractivity contribution in [2.75, 3.05) is 13.2 Å². The van der Waals surface area contributed by atoms with E-state index in [1.54, 1.807) is 26.4 Å². The summed E-state index contributed by atoms with van der Waals surface area (Å²) >= 11 is 0. The average molecular weight is 351 g/mol. The maximum absolute atomic E-state index is 12.0. The molecule has 2 aromatic rings. The Morgan fingerprint density at radius 2 is 1.88 bits per heavy atom. The molecule has 0 radical (unpaired) electrons. The normalized spacial score (nSPS) is 21.3. The van der Waals surface area contributed by atoms with Crippen LogP contribution in [0.25, 0.3) is 11.1 Å². The van der Waals surface area contributed by atoms with Gasteiger partial charge in [-0.2, -0.15) is 0 Å². The maximum Gasteiger partial charge on any atom is 0.214 e. The molecule has 7 heteroatoms. The van der Waals surface area contributed by atoms with Crippen molar-refractivity contribution in [1.82, 2.24) is 4.72 Å². The van der Waals surface area contributed by atoms with E-state index >= 15 is 0 Å². The number of benzene rings is 1. The van der Waals surface area contributed by atoms with E-state index in [4.69, 9.17) is 13.9 Å². The van der Waals surface area contributed by atoms with E-state index in [0.717, 1.165) is 11.1 Å². The molecule has 1 aromatic carbocycles. The van der Waals surface area contributed by atoms with Crippen LogP contribution in [0.2, 0.25) is 0 Å². The van der Waals surface area contributed by atoms with Gasteiger partial charge < -0.3 is 13.9 Å². The van der Waals surface area contributed by atoms with Crippen molar-refractivity contribution in [3.8, 4) is 16.9 Å². The first-order valence-corrected chi connectivity index (χ1v) is 9.38. The fourth-order valence-corrected chi connectivity index (χ4v) is 3.35. The van der Waals surface area contributed by atoms with Gasteiger partial charge in [-0.1, -0.05) is 12.1 Å². The van der Waals surface area contributed by atoms with Gasteiger partial charge in [0, 0.05) is 5.56 Å². The molecule has 2 heterocycles. The number of nitrogens with one attached hydrogen (secondary N) is 1. The second-order valence-electron chi connectivity index (χ2n) is 6.05. The molecule has 0 amide bonds. The minimum Gasteiger partial charge on any atom is -0.486 e. The topological polar surface area (TPSA) is 77.8 Å².